The normalized spacial score (nSPS) is 15.8. The predicted molar refractivity (Wildman–Crippen MR) is 106 cm³/mol. The Labute approximate surface area is 167 Å². The monoisotopic (exact) mass is 396 g/mol. The van der Waals surface area contributed by atoms with Crippen LogP contribution in [0.25, 0.3) is 0 Å². The van der Waals surface area contributed by atoms with Crippen molar-refractivity contribution in [2.75, 3.05) is 22.6 Å². The highest BCUT2D eigenvalue weighted by Gasteiger charge is 2.30. The lowest BCUT2D eigenvalue weighted by Gasteiger charge is -2.32. The maximum absolute atomic E-state index is 12.9. The lowest BCUT2D eigenvalue weighted by Crippen LogP contribution is -2.44. The molecule has 0 aliphatic carbocycles. The summed E-state index contributed by atoms with van der Waals surface area (Å²) in [5.41, 5.74) is 3.15. The van der Waals surface area contributed by atoms with E-state index in [0.29, 0.717) is 36.2 Å². The minimum atomic E-state index is -0.501. The van der Waals surface area contributed by atoms with Crippen molar-refractivity contribution >= 4 is 23.4 Å². The van der Waals surface area contributed by atoms with Gasteiger partial charge in [0.15, 0.2) is 5.82 Å². The Balaban J connectivity index is 1.45. The first kappa shape index (κ1) is 18.8. The van der Waals surface area contributed by atoms with Gasteiger partial charge in [0, 0.05) is 31.5 Å². The number of hydrogen-bond acceptors (Lipinski definition) is 7. The molecular formula is C19H21FN8O. The summed E-state index contributed by atoms with van der Waals surface area (Å²) in [4.78, 5) is 26.5. The lowest BCUT2D eigenvalue weighted by atomic mass is 10.2. The Bertz CT molecular complexity index is 1050. The van der Waals surface area contributed by atoms with Gasteiger partial charge in [0.05, 0.1) is 18.4 Å². The van der Waals surface area contributed by atoms with Gasteiger partial charge in [-0.1, -0.05) is 6.07 Å². The topological polar surface area (TPSA) is 101 Å². The lowest BCUT2D eigenvalue weighted by molar-refractivity contribution is -0.117. The van der Waals surface area contributed by atoms with Crippen molar-refractivity contribution in [2.45, 2.75) is 33.0 Å². The molecule has 0 bridgehead atoms. The average molecular weight is 396 g/mol. The third-order valence-electron chi connectivity index (χ3n) is 4.88. The van der Waals surface area contributed by atoms with E-state index in [1.807, 2.05) is 32.0 Å². The number of nitrogens with zero attached hydrogens (tertiary/aromatic N) is 6. The fourth-order valence-electron chi connectivity index (χ4n) is 3.08. The number of carbonyl (C=O) groups is 1. The number of nitrogens with one attached hydrogen (secondary N) is 2. The highest BCUT2D eigenvalue weighted by Crippen LogP contribution is 2.32. The van der Waals surface area contributed by atoms with E-state index in [0.717, 1.165) is 11.1 Å². The summed E-state index contributed by atoms with van der Waals surface area (Å²) >= 11 is 0. The number of aromatic nitrogens is 5. The van der Waals surface area contributed by atoms with Crippen molar-refractivity contribution < 1.29 is 9.18 Å². The zero-order valence-electron chi connectivity index (χ0n) is 16.3. The summed E-state index contributed by atoms with van der Waals surface area (Å²) in [6.07, 6.45) is 5.15. The second kappa shape index (κ2) is 7.46. The van der Waals surface area contributed by atoms with Crippen molar-refractivity contribution in [3.8, 4) is 0 Å². The van der Waals surface area contributed by atoms with Crippen LogP contribution < -0.4 is 15.5 Å². The van der Waals surface area contributed by atoms with Crippen LogP contribution in [-0.2, 0) is 17.9 Å². The van der Waals surface area contributed by atoms with Gasteiger partial charge in [-0.2, -0.15) is 14.5 Å². The Morgan fingerprint density at radius 1 is 1.24 bits per heavy atom. The number of likely N-dealkylation sites (N-methyl/N-ethyl adjacent to an activating group) is 1. The number of halogens is 1. The highest BCUT2D eigenvalue weighted by molar-refractivity contribution is 6.03. The third-order valence-corrected chi connectivity index (χ3v) is 4.88. The Kier molecular flexibility index (Phi) is 4.83. The fourth-order valence-corrected chi connectivity index (χ4v) is 3.08. The van der Waals surface area contributed by atoms with Crippen molar-refractivity contribution in [3.63, 3.8) is 0 Å². The minimum Gasteiger partial charge on any atom is -0.350 e. The molecule has 150 valence electrons. The molecule has 9 nitrogen and oxygen atoms in total. The van der Waals surface area contributed by atoms with Gasteiger partial charge < -0.3 is 15.5 Å². The first-order valence-electron chi connectivity index (χ1n) is 9.18. The van der Waals surface area contributed by atoms with E-state index >= 15 is 0 Å². The molecule has 1 unspecified atom stereocenters. The van der Waals surface area contributed by atoms with Gasteiger partial charge in [0.1, 0.15) is 11.7 Å². The van der Waals surface area contributed by atoms with Crippen LogP contribution in [0.2, 0.25) is 0 Å². The summed E-state index contributed by atoms with van der Waals surface area (Å²) < 4.78 is 14.7. The Hall–Kier alpha value is -3.56. The molecule has 1 atom stereocenters. The standard InChI is InChI=1S/C19H21FN8O/c1-11-16-17(27(3)12(2)18(29)25-16)26-19(24-11)22-7-14-8-23-28(10-14)9-13-4-5-15(20)21-6-13/h4-6,8,10,12H,7,9H2,1-3H3,(H,25,29)(H,22,24,26). The SMILES string of the molecule is Cc1nc(NCc2cnn(Cc3ccc(F)nc3)c2)nc2c1NC(=O)C(C)N2C. The number of fused-ring (bicyclic) bond motifs is 1. The highest BCUT2D eigenvalue weighted by atomic mass is 19.1. The van der Waals surface area contributed by atoms with E-state index in [-0.39, 0.29) is 11.9 Å². The molecule has 2 N–H and O–H groups in total. The van der Waals surface area contributed by atoms with Crippen LogP contribution in [0.1, 0.15) is 23.7 Å². The molecule has 0 radical (unpaired) electrons. The summed E-state index contributed by atoms with van der Waals surface area (Å²) in [6.45, 7) is 4.66. The summed E-state index contributed by atoms with van der Waals surface area (Å²) in [5, 5.41) is 10.4. The summed E-state index contributed by atoms with van der Waals surface area (Å²) in [7, 11) is 1.84. The van der Waals surface area contributed by atoms with E-state index in [2.05, 4.69) is 30.7 Å². The molecule has 10 heteroatoms. The van der Waals surface area contributed by atoms with Gasteiger partial charge in [0.2, 0.25) is 17.8 Å². The maximum atomic E-state index is 12.9. The van der Waals surface area contributed by atoms with Crippen LogP contribution >= 0.6 is 0 Å². The first-order valence-corrected chi connectivity index (χ1v) is 9.18. The van der Waals surface area contributed by atoms with E-state index < -0.39 is 5.95 Å². The van der Waals surface area contributed by atoms with E-state index in [4.69, 9.17) is 0 Å². The van der Waals surface area contributed by atoms with Crippen LogP contribution in [0.5, 0.6) is 0 Å². The van der Waals surface area contributed by atoms with Crippen LogP contribution in [0.15, 0.2) is 30.7 Å². The zero-order valence-corrected chi connectivity index (χ0v) is 16.3. The van der Waals surface area contributed by atoms with Crippen LogP contribution in [0.3, 0.4) is 0 Å². The van der Waals surface area contributed by atoms with Gasteiger partial charge in [0.25, 0.3) is 0 Å². The second-order valence-corrected chi connectivity index (χ2v) is 7.00. The van der Waals surface area contributed by atoms with Gasteiger partial charge >= 0.3 is 0 Å². The Morgan fingerprint density at radius 3 is 2.83 bits per heavy atom. The quantitative estimate of drug-likeness (QED) is 0.636. The number of carbonyl (C=O) groups excluding carboxylic acids is 1. The molecule has 0 spiro atoms. The number of pyridine rings is 1. The molecule has 0 fully saturated rings. The second-order valence-electron chi connectivity index (χ2n) is 7.00. The van der Waals surface area contributed by atoms with Gasteiger partial charge in [-0.3, -0.25) is 9.48 Å². The maximum Gasteiger partial charge on any atom is 0.246 e. The van der Waals surface area contributed by atoms with Crippen molar-refractivity contribution in [3.05, 3.63) is 53.5 Å². The molecule has 3 aromatic heterocycles. The number of anilines is 3. The molecule has 1 amide bonds. The Morgan fingerprint density at radius 2 is 2.07 bits per heavy atom. The molecule has 1 aliphatic heterocycles. The number of rotatable bonds is 5. The molecular weight excluding hydrogens is 375 g/mol. The average Bonchev–Trinajstić information content (AvgIpc) is 3.15. The molecule has 1 aliphatic rings. The van der Waals surface area contributed by atoms with Gasteiger partial charge in [-0.15, -0.1) is 0 Å². The number of amides is 1. The molecule has 29 heavy (non-hydrogen) atoms. The molecule has 3 aromatic rings. The molecule has 0 saturated carbocycles. The first-order chi connectivity index (χ1) is 13.9. The smallest absolute Gasteiger partial charge is 0.246 e. The summed E-state index contributed by atoms with van der Waals surface area (Å²) in [6, 6.07) is 2.71. The van der Waals surface area contributed by atoms with Gasteiger partial charge in [-0.05, 0) is 25.5 Å². The molecule has 4 heterocycles. The van der Waals surface area contributed by atoms with Crippen LogP contribution in [0.4, 0.5) is 21.8 Å². The summed E-state index contributed by atoms with van der Waals surface area (Å²) in [5.74, 6) is 0.591. The van der Waals surface area contributed by atoms with Crippen LogP contribution in [-0.4, -0.2) is 43.7 Å². The number of hydrogen-bond donors (Lipinski definition) is 2. The third kappa shape index (κ3) is 3.86. The van der Waals surface area contributed by atoms with Crippen molar-refractivity contribution in [1.29, 1.82) is 0 Å². The van der Waals surface area contributed by atoms with E-state index in [1.54, 1.807) is 16.9 Å². The van der Waals surface area contributed by atoms with Gasteiger partial charge in [-0.25, -0.2) is 9.97 Å². The molecule has 0 aromatic carbocycles. The largest absolute Gasteiger partial charge is 0.350 e. The van der Waals surface area contributed by atoms with Crippen LogP contribution in [0, 0.1) is 12.9 Å². The number of aryl methyl sites for hydroxylation is 1. The van der Waals surface area contributed by atoms with E-state index in [9.17, 15) is 9.18 Å². The minimum absolute atomic E-state index is 0.0730. The molecule has 4 rings (SSSR count). The zero-order chi connectivity index (χ0) is 20.5. The fraction of sp³-hybridized carbons (Fsp3) is 0.316. The predicted octanol–water partition coefficient (Wildman–Crippen LogP) is 1.95. The van der Waals surface area contributed by atoms with Crippen molar-refractivity contribution in [1.82, 2.24) is 24.7 Å². The molecule has 0 saturated heterocycles. The van der Waals surface area contributed by atoms with Crippen molar-refractivity contribution in [2.24, 2.45) is 0 Å². The van der Waals surface area contributed by atoms with E-state index in [1.165, 1.54) is 12.3 Å².